The molecule has 0 saturated heterocycles. The minimum atomic E-state index is -0.932. The van der Waals surface area contributed by atoms with E-state index in [1.54, 1.807) is 21.9 Å². The first-order valence-corrected chi connectivity index (χ1v) is 27.0. The van der Waals surface area contributed by atoms with Crippen molar-refractivity contribution in [2.45, 2.75) is 80.2 Å². The molecule has 10 nitrogen and oxygen atoms in total. The van der Waals surface area contributed by atoms with Crippen LogP contribution in [0.3, 0.4) is 0 Å². The summed E-state index contributed by atoms with van der Waals surface area (Å²) in [6, 6.07) is 63.0. The fourth-order valence-electron chi connectivity index (χ4n) is 10.4. The topological polar surface area (TPSA) is 114 Å². The second-order valence-corrected chi connectivity index (χ2v) is 21.6. The van der Waals surface area contributed by atoms with Crippen molar-refractivity contribution in [3.8, 4) is 22.3 Å². The molecule has 2 heterocycles. The molecule has 80 heavy (non-hydrogen) atoms. The van der Waals surface area contributed by atoms with Gasteiger partial charge in [-0.3, -0.25) is 9.59 Å². The molecule has 0 bridgehead atoms. The van der Waals surface area contributed by atoms with Gasteiger partial charge in [-0.1, -0.05) is 146 Å². The van der Waals surface area contributed by atoms with Crippen molar-refractivity contribution in [2.75, 3.05) is 14.1 Å². The lowest BCUT2D eigenvalue weighted by molar-refractivity contribution is 0.00699. The molecule has 10 rings (SSSR count). The van der Waals surface area contributed by atoms with Crippen LogP contribution in [0.15, 0.2) is 194 Å². The third-order valence-corrected chi connectivity index (χ3v) is 14.9. The predicted octanol–water partition coefficient (Wildman–Crippen LogP) is 15.1. The Bertz CT molecular complexity index is 3890. The standard InChI is InChI=1S/C37H38N2O3.C33H30N2O3/c1-25-26(2)39(34-21-20-30(22-33(25)34)35(40)38(6)23-27-12-8-7-9-13-27)24-28-16-18-29(19-17-28)31-14-10-11-15-32(31)36(41)42-37(3,4)5;1-22-23(2)35(21-25-13-15-26(16-14-25)28-11-7-8-12-29(28)33(37)38)31-18-17-27(19-30(22)31)32(36)34(3)20-24-9-5-4-6-10-24/h7-22H,23-24H2,1-6H3;4-19H,20-21H2,1-3H3,(H,37,38). The van der Waals surface area contributed by atoms with E-state index >= 15 is 0 Å². The number of esters is 1. The number of aryl methyl sites for hydroxylation is 2. The summed E-state index contributed by atoms with van der Waals surface area (Å²) in [6.45, 7) is 16.6. The van der Waals surface area contributed by atoms with Crippen LogP contribution in [0.2, 0.25) is 0 Å². The van der Waals surface area contributed by atoms with E-state index in [-0.39, 0.29) is 17.8 Å². The zero-order valence-electron chi connectivity index (χ0n) is 47.1. The van der Waals surface area contributed by atoms with E-state index in [1.165, 1.54) is 11.3 Å². The Morgan fingerprint density at radius 3 is 1.24 bits per heavy atom. The number of carboxylic acids is 1. The van der Waals surface area contributed by atoms with Gasteiger partial charge in [0.15, 0.2) is 0 Å². The highest BCUT2D eigenvalue weighted by molar-refractivity contribution is 6.01. The van der Waals surface area contributed by atoms with Crippen molar-refractivity contribution in [2.24, 2.45) is 0 Å². The van der Waals surface area contributed by atoms with Crippen molar-refractivity contribution in [3.63, 3.8) is 0 Å². The lowest BCUT2D eigenvalue weighted by Crippen LogP contribution is -2.26. The summed E-state index contributed by atoms with van der Waals surface area (Å²) in [5.41, 5.74) is 16.4. The van der Waals surface area contributed by atoms with E-state index in [4.69, 9.17) is 4.74 Å². The Hall–Kier alpha value is -9.28. The first-order valence-electron chi connectivity index (χ1n) is 27.0. The molecule has 8 aromatic carbocycles. The third-order valence-electron chi connectivity index (χ3n) is 14.9. The molecular formula is C70H68N4O6. The third kappa shape index (κ3) is 12.4. The maximum absolute atomic E-state index is 13.3. The summed E-state index contributed by atoms with van der Waals surface area (Å²) in [7, 11) is 3.68. The van der Waals surface area contributed by atoms with Gasteiger partial charge in [0.2, 0.25) is 0 Å². The molecule has 404 valence electrons. The average molecular weight is 1060 g/mol. The smallest absolute Gasteiger partial charge is 0.339 e. The number of carboxylic acid groups (broad SMARTS) is 1. The van der Waals surface area contributed by atoms with E-state index in [1.807, 2.05) is 187 Å². The molecule has 0 fully saturated rings. The minimum Gasteiger partial charge on any atom is -0.478 e. The van der Waals surface area contributed by atoms with Gasteiger partial charge in [-0.05, 0) is 153 Å². The van der Waals surface area contributed by atoms with E-state index in [9.17, 15) is 24.3 Å². The molecule has 0 aliphatic heterocycles. The minimum absolute atomic E-state index is 0.00205. The monoisotopic (exact) mass is 1060 g/mol. The van der Waals surface area contributed by atoms with Gasteiger partial charge >= 0.3 is 11.9 Å². The van der Waals surface area contributed by atoms with Gasteiger partial charge in [-0.15, -0.1) is 0 Å². The Kier molecular flexibility index (Phi) is 16.5. The van der Waals surface area contributed by atoms with Crippen LogP contribution in [0.1, 0.15) is 107 Å². The highest BCUT2D eigenvalue weighted by Gasteiger charge is 2.22. The Morgan fingerprint density at radius 1 is 0.463 bits per heavy atom. The van der Waals surface area contributed by atoms with Crippen molar-refractivity contribution in [1.29, 1.82) is 0 Å². The molecule has 10 heteroatoms. The lowest BCUT2D eigenvalue weighted by atomic mass is 9.98. The molecule has 0 aliphatic carbocycles. The zero-order valence-corrected chi connectivity index (χ0v) is 47.1. The maximum Gasteiger partial charge on any atom is 0.339 e. The number of rotatable bonds is 14. The quantitative estimate of drug-likeness (QED) is 0.109. The highest BCUT2D eigenvalue weighted by atomic mass is 16.6. The number of aromatic carboxylic acids is 1. The summed E-state index contributed by atoms with van der Waals surface area (Å²) in [4.78, 5) is 54.4. The maximum atomic E-state index is 13.3. The number of hydrogen-bond donors (Lipinski definition) is 1. The number of ether oxygens (including phenoxy) is 1. The Balaban J connectivity index is 0.000000195. The van der Waals surface area contributed by atoms with E-state index in [2.05, 4.69) is 67.2 Å². The van der Waals surface area contributed by atoms with Crippen LogP contribution in [0.25, 0.3) is 44.1 Å². The van der Waals surface area contributed by atoms with Crippen LogP contribution in [0.5, 0.6) is 0 Å². The lowest BCUT2D eigenvalue weighted by Gasteiger charge is -2.20. The second kappa shape index (κ2) is 23.8. The molecule has 0 unspecified atom stereocenters. The molecule has 0 atom stereocenters. The van der Waals surface area contributed by atoms with Crippen molar-refractivity contribution < 1.29 is 29.0 Å². The summed E-state index contributed by atoms with van der Waals surface area (Å²) in [5, 5.41) is 11.7. The highest BCUT2D eigenvalue weighted by Crippen LogP contribution is 2.32. The van der Waals surface area contributed by atoms with Crippen molar-refractivity contribution in [1.82, 2.24) is 18.9 Å². The molecule has 0 saturated carbocycles. The van der Waals surface area contributed by atoms with Crippen LogP contribution in [-0.2, 0) is 30.9 Å². The average Bonchev–Trinajstić information content (AvgIpc) is 3.86. The molecule has 1 N–H and O–H groups in total. The second-order valence-electron chi connectivity index (χ2n) is 21.6. The van der Waals surface area contributed by atoms with E-state index in [0.717, 1.165) is 72.0 Å². The fourth-order valence-corrected chi connectivity index (χ4v) is 10.4. The normalized spacial score (nSPS) is 11.3. The fraction of sp³-hybridized carbons (Fsp3) is 0.200. The van der Waals surface area contributed by atoms with Crippen molar-refractivity contribution in [3.05, 3.63) is 261 Å². The number of nitrogens with zero attached hydrogens (tertiary/aromatic N) is 4. The van der Waals surface area contributed by atoms with Gasteiger partial charge in [0.1, 0.15) is 5.60 Å². The van der Waals surface area contributed by atoms with Gasteiger partial charge in [-0.25, -0.2) is 9.59 Å². The zero-order chi connectivity index (χ0) is 56.8. The van der Waals surface area contributed by atoms with Crippen LogP contribution in [-0.4, -0.2) is 67.5 Å². The Morgan fingerprint density at radius 2 is 0.838 bits per heavy atom. The predicted molar refractivity (Wildman–Crippen MR) is 321 cm³/mol. The number of benzene rings is 8. The van der Waals surface area contributed by atoms with Crippen LogP contribution in [0.4, 0.5) is 0 Å². The molecule has 0 spiro atoms. The van der Waals surface area contributed by atoms with Gasteiger partial charge < -0.3 is 28.8 Å². The molecule has 10 aromatic rings. The van der Waals surface area contributed by atoms with E-state index < -0.39 is 11.6 Å². The van der Waals surface area contributed by atoms with Gasteiger partial charge in [0.25, 0.3) is 11.8 Å². The van der Waals surface area contributed by atoms with Crippen LogP contribution in [0, 0.1) is 27.7 Å². The first kappa shape index (κ1) is 55.5. The molecule has 2 amide bonds. The van der Waals surface area contributed by atoms with Crippen LogP contribution < -0.4 is 0 Å². The largest absolute Gasteiger partial charge is 0.478 e. The summed E-state index contributed by atoms with van der Waals surface area (Å²) in [5.74, 6) is -1.25. The van der Waals surface area contributed by atoms with Gasteiger partial charge in [-0.2, -0.15) is 0 Å². The molecule has 2 aromatic heterocycles. The van der Waals surface area contributed by atoms with Gasteiger partial charge in [0, 0.05) is 84.6 Å². The summed E-state index contributed by atoms with van der Waals surface area (Å²) >= 11 is 0. The molecular weight excluding hydrogens is 993 g/mol. The number of fused-ring (bicyclic) bond motifs is 2. The first-order chi connectivity index (χ1) is 38.3. The summed E-state index contributed by atoms with van der Waals surface area (Å²) < 4.78 is 10.2. The van der Waals surface area contributed by atoms with E-state index in [0.29, 0.717) is 54.0 Å². The number of carbonyl (C=O) groups excluding carboxylic acids is 3. The molecule has 0 radical (unpaired) electrons. The number of hydrogen-bond acceptors (Lipinski definition) is 5. The van der Waals surface area contributed by atoms with Crippen molar-refractivity contribution >= 4 is 45.6 Å². The molecule has 0 aliphatic rings. The summed E-state index contributed by atoms with van der Waals surface area (Å²) in [6.07, 6.45) is 0. The Labute approximate surface area is 469 Å². The number of aromatic nitrogens is 2. The van der Waals surface area contributed by atoms with Crippen LogP contribution >= 0.6 is 0 Å². The number of amides is 2. The number of carbonyl (C=O) groups is 4. The van der Waals surface area contributed by atoms with Gasteiger partial charge in [0.05, 0.1) is 11.1 Å². The SMILES string of the molecule is Cc1c(C)n(Cc2ccc(-c3ccccc3C(=O)O)cc2)c2ccc(C(=O)N(C)Cc3ccccc3)cc12.Cc1c(C)n(Cc2ccc(-c3ccccc3C(=O)OC(C)(C)C)cc2)c2ccc(C(=O)N(C)Cc3ccccc3)cc12.